The second kappa shape index (κ2) is 6.61. The number of nitrogens with two attached hydrogens (primary N) is 1. The molecule has 118 valence electrons. The fraction of sp³-hybridized carbons (Fsp3) is 0.0526. The van der Waals surface area contributed by atoms with Crippen LogP contribution in [-0.2, 0) is 11.3 Å². The Hall–Kier alpha value is -3.03. The first-order chi connectivity index (χ1) is 11.6. The molecule has 0 unspecified atom stereocenters. The van der Waals surface area contributed by atoms with Gasteiger partial charge in [0.15, 0.2) is 0 Å². The third-order valence-corrected chi connectivity index (χ3v) is 4.02. The van der Waals surface area contributed by atoms with Crippen LogP contribution in [0, 0.1) is 11.3 Å². The van der Waals surface area contributed by atoms with E-state index in [0.29, 0.717) is 11.6 Å². The molecule has 3 rings (SSSR count). The van der Waals surface area contributed by atoms with Crippen LogP contribution in [0.25, 0.3) is 17.0 Å². The molecular formula is C19H14ClN3O. The van der Waals surface area contributed by atoms with Gasteiger partial charge in [0, 0.05) is 34.2 Å². The zero-order valence-electron chi connectivity index (χ0n) is 12.7. The van der Waals surface area contributed by atoms with Crippen molar-refractivity contribution in [3.05, 3.63) is 76.5 Å². The van der Waals surface area contributed by atoms with E-state index in [1.54, 1.807) is 0 Å². The van der Waals surface area contributed by atoms with Gasteiger partial charge in [-0.05, 0) is 29.8 Å². The summed E-state index contributed by atoms with van der Waals surface area (Å²) in [7, 11) is 0. The van der Waals surface area contributed by atoms with Crippen molar-refractivity contribution in [2.75, 3.05) is 0 Å². The lowest BCUT2D eigenvalue weighted by Gasteiger charge is -2.05. The van der Waals surface area contributed by atoms with Gasteiger partial charge in [0.1, 0.15) is 11.6 Å². The average molecular weight is 336 g/mol. The number of halogens is 1. The van der Waals surface area contributed by atoms with E-state index in [1.807, 2.05) is 60.8 Å². The second-order valence-electron chi connectivity index (χ2n) is 5.39. The molecule has 2 aromatic carbocycles. The predicted molar refractivity (Wildman–Crippen MR) is 95.3 cm³/mol. The number of nitrogens with zero attached hydrogens (tertiary/aromatic N) is 2. The smallest absolute Gasteiger partial charge is 0.259 e. The van der Waals surface area contributed by atoms with Crippen LogP contribution < -0.4 is 5.73 Å². The highest BCUT2D eigenvalue weighted by Gasteiger charge is 2.10. The number of benzene rings is 2. The molecule has 0 spiro atoms. The highest BCUT2D eigenvalue weighted by Crippen LogP contribution is 2.24. The Morgan fingerprint density at radius 2 is 1.92 bits per heavy atom. The Balaban J connectivity index is 2.08. The number of rotatable bonds is 4. The van der Waals surface area contributed by atoms with Crippen LogP contribution >= 0.6 is 11.6 Å². The van der Waals surface area contributed by atoms with E-state index in [4.69, 9.17) is 22.6 Å². The molecule has 1 aromatic heterocycles. The number of nitriles is 1. The topological polar surface area (TPSA) is 71.8 Å². The molecule has 0 atom stereocenters. The van der Waals surface area contributed by atoms with Crippen LogP contribution in [0.5, 0.6) is 0 Å². The van der Waals surface area contributed by atoms with Crippen LogP contribution in [0.15, 0.2) is 60.3 Å². The molecule has 0 radical (unpaired) electrons. The number of aromatic nitrogens is 1. The third kappa shape index (κ3) is 3.17. The zero-order chi connectivity index (χ0) is 17.1. The molecule has 0 saturated carbocycles. The quantitative estimate of drug-likeness (QED) is 0.582. The van der Waals surface area contributed by atoms with Gasteiger partial charge in [-0.25, -0.2) is 0 Å². The van der Waals surface area contributed by atoms with Crippen molar-refractivity contribution >= 4 is 34.5 Å². The van der Waals surface area contributed by atoms with Crippen molar-refractivity contribution in [1.29, 1.82) is 5.26 Å². The maximum atomic E-state index is 11.3. The summed E-state index contributed by atoms with van der Waals surface area (Å²) < 4.78 is 2.07. The van der Waals surface area contributed by atoms with Gasteiger partial charge in [-0.3, -0.25) is 4.79 Å². The molecule has 1 amide bonds. The molecule has 5 heteroatoms. The van der Waals surface area contributed by atoms with E-state index in [0.717, 1.165) is 22.0 Å². The standard InChI is InChI=1S/C19H14ClN3O/c20-16-7-5-13(6-8-16)11-23-12-15(9-14(10-21)19(22)24)17-3-1-2-4-18(17)23/h1-9,12H,11H2,(H2,22,24)/b14-9-. The summed E-state index contributed by atoms with van der Waals surface area (Å²) in [6, 6.07) is 17.3. The lowest BCUT2D eigenvalue weighted by Crippen LogP contribution is -2.12. The van der Waals surface area contributed by atoms with E-state index >= 15 is 0 Å². The minimum Gasteiger partial charge on any atom is -0.365 e. The average Bonchev–Trinajstić information content (AvgIpc) is 2.92. The van der Waals surface area contributed by atoms with Crippen molar-refractivity contribution in [2.45, 2.75) is 6.54 Å². The molecule has 0 aliphatic heterocycles. The van der Waals surface area contributed by atoms with Gasteiger partial charge in [0.05, 0.1) is 0 Å². The molecule has 2 N–H and O–H groups in total. The second-order valence-corrected chi connectivity index (χ2v) is 5.83. The summed E-state index contributed by atoms with van der Waals surface area (Å²) in [4.78, 5) is 11.3. The van der Waals surface area contributed by atoms with Crippen LogP contribution in [0.4, 0.5) is 0 Å². The third-order valence-electron chi connectivity index (χ3n) is 3.77. The summed E-state index contributed by atoms with van der Waals surface area (Å²) in [6.45, 7) is 0.657. The van der Waals surface area contributed by atoms with Crippen molar-refractivity contribution < 1.29 is 4.79 Å². The minimum atomic E-state index is -0.730. The molecule has 24 heavy (non-hydrogen) atoms. The molecule has 0 aliphatic carbocycles. The van der Waals surface area contributed by atoms with Gasteiger partial charge in [0.25, 0.3) is 5.91 Å². The summed E-state index contributed by atoms with van der Waals surface area (Å²) >= 11 is 5.93. The Bertz CT molecular complexity index is 978. The number of carbonyl (C=O) groups is 1. The monoisotopic (exact) mass is 335 g/mol. The van der Waals surface area contributed by atoms with Crippen molar-refractivity contribution in [1.82, 2.24) is 4.57 Å². The summed E-state index contributed by atoms with van der Waals surface area (Å²) in [5, 5.41) is 10.7. The number of para-hydroxylation sites is 1. The maximum Gasteiger partial charge on any atom is 0.259 e. The lowest BCUT2D eigenvalue weighted by molar-refractivity contribution is -0.114. The van der Waals surface area contributed by atoms with Gasteiger partial charge in [-0.2, -0.15) is 5.26 Å². The number of hydrogen-bond donors (Lipinski definition) is 1. The fourth-order valence-electron chi connectivity index (χ4n) is 2.62. The van der Waals surface area contributed by atoms with Crippen molar-refractivity contribution in [3.8, 4) is 6.07 Å². The van der Waals surface area contributed by atoms with Gasteiger partial charge >= 0.3 is 0 Å². The van der Waals surface area contributed by atoms with Gasteiger partial charge in [-0.15, -0.1) is 0 Å². The number of amides is 1. The van der Waals surface area contributed by atoms with Crippen molar-refractivity contribution in [2.24, 2.45) is 5.73 Å². The Kier molecular flexibility index (Phi) is 4.37. The SMILES string of the molecule is N#C/C(=C/c1cn(Cc2ccc(Cl)cc2)c2ccccc12)C(N)=O. The van der Waals surface area contributed by atoms with Gasteiger partial charge in [-0.1, -0.05) is 41.9 Å². The van der Waals surface area contributed by atoms with Crippen LogP contribution in [-0.4, -0.2) is 10.5 Å². The number of fused-ring (bicyclic) bond motifs is 1. The van der Waals surface area contributed by atoms with E-state index in [1.165, 1.54) is 6.08 Å². The first-order valence-electron chi connectivity index (χ1n) is 7.32. The van der Waals surface area contributed by atoms with Gasteiger partial charge in [0.2, 0.25) is 0 Å². The van der Waals surface area contributed by atoms with Crippen LogP contribution in [0.3, 0.4) is 0 Å². The number of carbonyl (C=O) groups excluding carboxylic acids is 1. The molecule has 0 aliphatic rings. The normalized spacial score (nSPS) is 11.4. The fourth-order valence-corrected chi connectivity index (χ4v) is 2.75. The zero-order valence-corrected chi connectivity index (χ0v) is 13.5. The largest absolute Gasteiger partial charge is 0.365 e. The van der Waals surface area contributed by atoms with E-state index < -0.39 is 5.91 Å². The van der Waals surface area contributed by atoms with Crippen molar-refractivity contribution in [3.63, 3.8) is 0 Å². The highest BCUT2D eigenvalue weighted by atomic mass is 35.5. The Morgan fingerprint density at radius 1 is 1.21 bits per heavy atom. The molecule has 4 nitrogen and oxygen atoms in total. The first kappa shape index (κ1) is 15.9. The molecule has 1 heterocycles. The van der Waals surface area contributed by atoms with Gasteiger partial charge < -0.3 is 10.3 Å². The molecular weight excluding hydrogens is 322 g/mol. The first-order valence-corrected chi connectivity index (χ1v) is 7.70. The predicted octanol–water partition coefficient (Wildman–Crippen LogP) is 3.74. The summed E-state index contributed by atoms with van der Waals surface area (Å²) in [6.07, 6.45) is 3.45. The van der Waals surface area contributed by atoms with Crippen LogP contribution in [0.2, 0.25) is 5.02 Å². The number of primary amides is 1. The lowest BCUT2D eigenvalue weighted by atomic mass is 10.1. The Morgan fingerprint density at radius 3 is 2.58 bits per heavy atom. The summed E-state index contributed by atoms with van der Waals surface area (Å²) in [5.74, 6) is -0.730. The maximum absolute atomic E-state index is 11.3. The molecule has 0 bridgehead atoms. The van der Waals surface area contributed by atoms with E-state index in [9.17, 15) is 4.79 Å². The molecule has 3 aromatic rings. The van der Waals surface area contributed by atoms with E-state index in [2.05, 4.69) is 4.57 Å². The minimum absolute atomic E-state index is 0.0654. The molecule has 0 fully saturated rings. The Labute approximate surface area is 144 Å². The van der Waals surface area contributed by atoms with Crippen LogP contribution in [0.1, 0.15) is 11.1 Å². The van der Waals surface area contributed by atoms with E-state index in [-0.39, 0.29) is 5.57 Å². The molecule has 0 saturated heterocycles. The highest BCUT2D eigenvalue weighted by molar-refractivity contribution is 6.30. The number of hydrogen-bond acceptors (Lipinski definition) is 2. The summed E-state index contributed by atoms with van der Waals surface area (Å²) in [5.41, 5.74) is 8.07.